The van der Waals surface area contributed by atoms with Crippen LogP contribution >= 0.6 is 46.9 Å². The van der Waals surface area contributed by atoms with Crippen LogP contribution < -0.4 is 9.64 Å². The molecule has 0 unspecified atom stereocenters. The first-order valence-electron chi connectivity index (χ1n) is 10.1. The topological polar surface area (TPSA) is 45.7 Å². The molecule has 0 spiro atoms. The first-order chi connectivity index (χ1) is 15.0. The van der Waals surface area contributed by atoms with E-state index >= 15 is 0 Å². The maximum atomic E-state index is 13.2. The monoisotopic (exact) mass is 513 g/mol. The molecule has 0 aliphatic carbocycles. The quantitative estimate of drug-likeness (QED) is 0.309. The van der Waals surface area contributed by atoms with Crippen LogP contribution in [0.15, 0.2) is 42.5 Å². The van der Waals surface area contributed by atoms with Crippen molar-refractivity contribution in [3.05, 3.63) is 58.1 Å². The number of nitrogens with zero attached hydrogens (tertiary/aromatic N) is 3. The second kappa shape index (κ2) is 12.4. The Balaban J connectivity index is 0.00000363. The lowest BCUT2D eigenvalue weighted by atomic mass is 10.2. The Morgan fingerprint density at radius 1 is 1.09 bits per heavy atom. The van der Waals surface area contributed by atoms with Crippen LogP contribution in [0.25, 0.3) is 16.3 Å². The van der Waals surface area contributed by atoms with Gasteiger partial charge in [0.05, 0.1) is 16.8 Å². The van der Waals surface area contributed by atoms with Crippen LogP contribution in [-0.2, 0) is 4.79 Å². The third kappa shape index (κ3) is 6.15. The molecule has 0 fully saturated rings. The highest BCUT2D eigenvalue weighted by atomic mass is 35.5. The van der Waals surface area contributed by atoms with Gasteiger partial charge in [0, 0.05) is 24.2 Å². The van der Waals surface area contributed by atoms with Crippen LogP contribution in [0.3, 0.4) is 0 Å². The number of hydrogen-bond acceptors (Lipinski definition) is 5. The van der Waals surface area contributed by atoms with E-state index in [-0.39, 0.29) is 18.3 Å². The average Bonchev–Trinajstić information content (AvgIpc) is 3.22. The number of thiazole rings is 1. The molecule has 3 rings (SSSR count). The van der Waals surface area contributed by atoms with Crippen molar-refractivity contribution in [3.8, 4) is 5.75 Å². The number of hydrogen-bond donors (Lipinski definition) is 0. The largest absolute Gasteiger partial charge is 0.494 e. The number of benzene rings is 2. The van der Waals surface area contributed by atoms with Crippen LogP contribution in [-0.4, -0.2) is 49.1 Å². The molecule has 2 aromatic carbocycles. The van der Waals surface area contributed by atoms with E-state index in [1.165, 1.54) is 17.4 Å². The van der Waals surface area contributed by atoms with Crippen molar-refractivity contribution in [2.45, 2.75) is 13.8 Å². The molecule has 172 valence electrons. The number of fused-ring (bicyclic) bond motifs is 1. The molecule has 0 bridgehead atoms. The molecule has 0 saturated heterocycles. The summed E-state index contributed by atoms with van der Waals surface area (Å²) < 4.78 is 6.23. The van der Waals surface area contributed by atoms with Gasteiger partial charge in [0.25, 0.3) is 5.91 Å². The molecule has 0 aliphatic heterocycles. The molecular weight excluding hydrogens is 489 g/mol. The van der Waals surface area contributed by atoms with Crippen molar-refractivity contribution in [2.75, 3.05) is 38.2 Å². The highest BCUT2D eigenvalue weighted by Gasteiger charge is 2.21. The number of rotatable bonds is 9. The Morgan fingerprint density at radius 3 is 2.47 bits per heavy atom. The summed E-state index contributed by atoms with van der Waals surface area (Å²) >= 11 is 14.0. The average molecular weight is 515 g/mol. The molecule has 1 amide bonds. The molecule has 0 aliphatic rings. The Bertz CT molecular complexity index is 1080. The van der Waals surface area contributed by atoms with E-state index in [0.29, 0.717) is 33.0 Å². The number of amides is 1. The molecule has 1 heterocycles. The normalized spacial score (nSPS) is 11.2. The summed E-state index contributed by atoms with van der Waals surface area (Å²) in [6.45, 7) is 7.28. The fourth-order valence-corrected chi connectivity index (χ4v) is 4.65. The third-order valence-corrected chi connectivity index (χ3v) is 6.89. The predicted octanol–water partition coefficient (Wildman–Crippen LogP) is 6.42. The predicted molar refractivity (Wildman–Crippen MR) is 139 cm³/mol. The zero-order valence-electron chi connectivity index (χ0n) is 18.2. The standard InChI is InChI=1S/C23H25Cl2N3O2S.ClH/c1-4-27(5-2)14-15-28(20(29)13-10-16-8-6-7-9-17(16)24)23-26-21-19(30-3)12-11-18(25)22(21)31-23;/h6-13H,4-5,14-15H2,1-3H3;1H/b13-10+;. The second-order valence-corrected chi connectivity index (χ2v) is 8.59. The van der Waals surface area contributed by atoms with Crippen LogP contribution in [0, 0.1) is 0 Å². The van der Waals surface area contributed by atoms with Crippen molar-refractivity contribution >= 4 is 74.3 Å². The fourth-order valence-electron chi connectivity index (χ4n) is 3.16. The number of likely N-dealkylation sites (N-methyl/N-ethyl adjacent to an activating group) is 1. The van der Waals surface area contributed by atoms with Gasteiger partial charge in [-0.3, -0.25) is 9.69 Å². The van der Waals surface area contributed by atoms with Gasteiger partial charge in [-0.2, -0.15) is 0 Å². The van der Waals surface area contributed by atoms with E-state index in [0.717, 1.165) is 29.9 Å². The summed E-state index contributed by atoms with van der Waals surface area (Å²) in [7, 11) is 1.59. The Labute approximate surface area is 209 Å². The molecule has 3 aromatic rings. The van der Waals surface area contributed by atoms with E-state index in [4.69, 9.17) is 32.9 Å². The highest BCUT2D eigenvalue weighted by Crippen LogP contribution is 2.38. The Kier molecular flexibility index (Phi) is 10.3. The number of methoxy groups -OCH3 is 1. The summed E-state index contributed by atoms with van der Waals surface area (Å²) in [5.41, 5.74) is 1.45. The molecule has 0 saturated carbocycles. The number of halogens is 3. The third-order valence-electron chi connectivity index (χ3n) is 5.01. The van der Waals surface area contributed by atoms with E-state index < -0.39 is 0 Å². The van der Waals surface area contributed by atoms with Gasteiger partial charge in [-0.1, -0.05) is 66.6 Å². The van der Waals surface area contributed by atoms with Gasteiger partial charge in [-0.05, 0) is 42.9 Å². The van der Waals surface area contributed by atoms with Crippen LogP contribution in [0.4, 0.5) is 5.13 Å². The van der Waals surface area contributed by atoms with Crippen molar-refractivity contribution in [1.82, 2.24) is 9.88 Å². The minimum Gasteiger partial charge on any atom is -0.494 e. The lowest BCUT2D eigenvalue weighted by Crippen LogP contribution is -2.38. The molecule has 1 aromatic heterocycles. The molecule has 0 N–H and O–H groups in total. The van der Waals surface area contributed by atoms with Crippen molar-refractivity contribution in [1.29, 1.82) is 0 Å². The molecule has 0 radical (unpaired) electrons. The Hall–Kier alpha value is -1.83. The highest BCUT2D eigenvalue weighted by molar-refractivity contribution is 7.23. The van der Waals surface area contributed by atoms with E-state index in [1.54, 1.807) is 36.3 Å². The van der Waals surface area contributed by atoms with E-state index in [9.17, 15) is 4.79 Å². The van der Waals surface area contributed by atoms with Crippen LogP contribution in [0.2, 0.25) is 10.0 Å². The summed E-state index contributed by atoms with van der Waals surface area (Å²) in [5, 5.41) is 1.77. The summed E-state index contributed by atoms with van der Waals surface area (Å²) in [5.74, 6) is 0.464. The number of aromatic nitrogens is 1. The summed E-state index contributed by atoms with van der Waals surface area (Å²) in [6, 6.07) is 11.0. The fraction of sp³-hybridized carbons (Fsp3) is 0.304. The number of carbonyl (C=O) groups excluding carboxylic acids is 1. The van der Waals surface area contributed by atoms with E-state index in [1.807, 2.05) is 18.2 Å². The summed E-state index contributed by atoms with van der Waals surface area (Å²) in [4.78, 5) is 21.9. The smallest absolute Gasteiger partial charge is 0.252 e. The van der Waals surface area contributed by atoms with Gasteiger partial charge < -0.3 is 9.64 Å². The van der Waals surface area contributed by atoms with Gasteiger partial charge in [0.15, 0.2) is 5.13 Å². The minimum atomic E-state index is -0.166. The SMILES string of the molecule is CCN(CC)CCN(C(=O)/C=C/c1ccccc1Cl)c1nc2c(OC)ccc(Cl)c2s1.Cl. The first-order valence-corrected chi connectivity index (χ1v) is 11.6. The minimum absolute atomic E-state index is 0. The number of ether oxygens (including phenoxy) is 1. The van der Waals surface area contributed by atoms with Crippen molar-refractivity contribution < 1.29 is 9.53 Å². The number of carbonyl (C=O) groups is 1. The Morgan fingerprint density at radius 2 is 1.81 bits per heavy atom. The second-order valence-electron chi connectivity index (χ2n) is 6.80. The van der Waals surface area contributed by atoms with Crippen LogP contribution in [0.1, 0.15) is 19.4 Å². The molecule has 5 nitrogen and oxygen atoms in total. The zero-order valence-corrected chi connectivity index (χ0v) is 21.3. The molecule has 0 atom stereocenters. The molecule has 9 heteroatoms. The first kappa shape index (κ1) is 26.4. The maximum absolute atomic E-state index is 13.2. The zero-order chi connectivity index (χ0) is 22.4. The molecule has 32 heavy (non-hydrogen) atoms. The van der Waals surface area contributed by atoms with Gasteiger partial charge in [-0.25, -0.2) is 4.98 Å². The lowest BCUT2D eigenvalue weighted by molar-refractivity contribution is -0.114. The number of anilines is 1. The van der Waals surface area contributed by atoms with Gasteiger partial charge in [0.2, 0.25) is 0 Å². The molecular formula is C23H26Cl3N3O2S. The maximum Gasteiger partial charge on any atom is 0.252 e. The van der Waals surface area contributed by atoms with E-state index in [2.05, 4.69) is 18.7 Å². The van der Waals surface area contributed by atoms with Crippen LogP contribution in [0.5, 0.6) is 5.75 Å². The summed E-state index contributed by atoms with van der Waals surface area (Å²) in [6.07, 6.45) is 3.27. The van der Waals surface area contributed by atoms with Crippen molar-refractivity contribution in [2.24, 2.45) is 0 Å². The lowest BCUT2D eigenvalue weighted by Gasteiger charge is -2.23. The van der Waals surface area contributed by atoms with Crippen molar-refractivity contribution in [3.63, 3.8) is 0 Å². The van der Waals surface area contributed by atoms with Gasteiger partial charge in [-0.15, -0.1) is 12.4 Å². The van der Waals surface area contributed by atoms with Gasteiger partial charge in [0.1, 0.15) is 11.3 Å². The van der Waals surface area contributed by atoms with Gasteiger partial charge >= 0.3 is 0 Å².